The number of benzene rings is 2. The van der Waals surface area contributed by atoms with Crippen molar-refractivity contribution in [3.63, 3.8) is 0 Å². The molecule has 11 heteroatoms. The van der Waals surface area contributed by atoms with Gasteiger partial charge in [0, 0.05) is 24.2 Å². The van der Waals surface area contributed by atoms with Crippen LogP contribution in [0.25, 0.3) is 0 Å². The molecule has 0 saturated carbocycles. The summed E-state index contributed by atoms with van der Waals surface area (Å²) < 4.78 is 32.1. The first-order chi connectivity index (χ1) is 14.2. The summed E-state index contributed by atoms with van der Waals surface area (Å²) >= 11 is 18.1. The number of rotatable bonds is 5. The second-order valence-electron chi connectivity index (χ2n) is 6.41. The summed E-state index contributed by atoms with van der Waals surface area (Å²) in [7, 11) is -3.71. The van der Waals surface area contributed by atoms with E-state index >= 15 is 0 Å². The van der Waals surface area contributed by atoms with Crippen LogP contribution in [-0.2, 0) is 14.8 Å². The Morgan fingerprint density at radius 1 is 1.10 bits per heavy atom. The first-order valence-corrected chi connectivity index (χ1v) is 11.5. The predicted molar refractivity (Wildman–Crippen MR) is 117 cm³/mol. The van der Waals surface area contributed by atoms with Gasteiger partial charge in [-0.2, -0.15) is 9.41 Å². The van der Waals surface area contributed by atoms with Crippen molar-refractivity contribution in [1.29, 1.82) is 0 Å². The van der Waals surface area contributed by atoms with Crippen molar-refractivity contribution in [3.8, 4) is 0 Å². The number of sulfonamides is 1. The number of hydrogen-bond donors (Lipinski definition) is 1. The van der Waals surface area contributed by atoms with E-state index in [9.17, 15) is 13.2 Å². The maximum Gasteiger partial charge on any atom is 0.271 e. The molecule has 0 aromatic heterocycles. The Bertz CT molecular complexity index is 1100. The second-order valence-corrected chi connectivity index (χ2v) is 9.51. The third-order valence-electron chi connectivity index (χ3n) is 4.45. The number of hydrazone groups is 1. The molecule has 0 spiro atoms. The van der Waals surface area contributed by atoms with Gasteiger partial charge >= 0.3 is 0 Å². The lowest BCUT2D eigenvalue weighted by molar-refractivity contribution is 0.0730. The Morgan fingerprint density at radius 2 is 1.80 bits per heavy atom. The summed E-state index contributed by atoms with van der Waals surface area (Å²) in [6, 6.07) is 8.99. The van der Waals surface area contributed by atoms with Crippen LogP contribution in [0.1, 0.15) is 22.8 Å². The van der Waals surface area contributed by atoms with E-state index in [1.807, 2.05) is 0 Å². The minimum Gasteiger partial charge on any atom is -0.379 e. The topological polar surface area (TPSA) is 88.1 Å². The van der Waals surface area contributed by atoms with Crippen molar-refractivity contribution in [2.45, 2.75) is 11.8 Å². The summed E-state index contributed by atoms with van der Waals surface area (Å²) in [6.07, 6.45) is 0. The van der Waals surface area contributed by atoms with Crippen LogP contribution < -0.4 is 5.43 Å². The lowest BCUT2D eigenvalue weighted by atomic mass is 10.1. The highest BCUT2D eigenvalue weighted by molar-refractivity contribution is 7.89. The van der Waals surface area contributed by atoms with E-state index in [1.54, 1.807) is 19.1 Å². The van der Waals surface area contributed by atoms with Gasteiger partial charge in [-0.25, -0.2) is 13.8 Å². The maximum atomic E-state index is 12.8. The highest BCUT2D eigenvalue weighted by Crippen LogP contribution is 2.32. The van der Waals surface area contributed by atoms with Crippen LogP contribution in [-0.4, -0.2) is 50.6 Å². The Hall–Kier alpha value is -1.68. The molecule has 0 aliphatic carbocycles. The standard InChI is InChI=1S/C19H18Cl3N3O4S/c1-12(15-5-6-16(20)18(22)17(15)21)23-24-19(26)13-3-2-4-14(11-13)30(27,28)25-7-9-29-10-8-25/h2-6,11H,7-10H2,1H3,(H,24,26). The van der Waals surface area contributed by atoms with Gasteiger partial charge in [-0.15, -0.1) is 0 Å². The predicted octanol–water partition coefficient (Wildman–Crippen LogP) is 3.82. The number of ether oxygens (including phenoxy) is 1. The molecule has 2 aromatic carbocycles. The third-order valence-corrected chi connectivity index (χ3v) is 7.64. The van der Waals surface area contributed by atoms with Gasteiger partial charge in [-0.05, 0) is 31.2 Å². The molecule has 1 fully saturated rings. The summed E-state index contributed by atoms with van der Waals surface area (Å²) in [4.78, 5) is 12.5. The second kappa shape index (κ2) is 9.64. The third kappa shape index (κ3) is 4.96. The molecule has 1 heterocycles. The highest BCUT2D eigenvalue weighted by atomic mass is 35.5. The molecule has 0 atom stereocenters. The van der Waals surface area contributed by atoms with Crippen LogP contribution in [0, 0.1) is 0 Å². The minimum absolute atomic E-state index is 0.0327. The van der Waals surface area contributed by atoms with Crippen LogP contribution in [0.5, 0.6) is 0 Å². The van der Waals surface area contributed by atoms with Crippen LogP contribution in [0.2, 0.25) is 15.1 Å². The average molecular weight is 491 g/mol. The molecule has 1 aliphatic rings. The summed E-state index contributed by atoms with van der Waals surface area (Å²) in [5.74, 6) is -0.565. The van der Waals surface area contributed by atoms with Gasteiger partial charge in [0.1, 0.15) is 0 Å². The van der Waals surface area contributed by atoms with Crippen molar-refractivity contribution >= 4 is 56.4 Å². The molecule has 7 nitrogen and oxygen atoms in total. The number of carbonyl (C=O) groups is 1. The SMILES string of the molecule is CC(=NNC(=O)c1cccc(S(=O)(=O)N2CCOCC2)c1)c1ccc(Cl)c(Cl)c1Cl. The minimum atomic E-state index is -3.71. The first-order valence-electron chi connectivity index (χ1n) is 8.88. The fourth-order valence-corrected chi connectivity index (χ4v) is 4.93. The molecule has 0 bridgehead atoms. The molecule has 160 valence electrons. The fraction of sp³-hybridized carbons (Fsp3) is 0.263. The molecule has 30 heavy (non-hydrogen) atoms. The smallest absolute Gasteiger partial charge is 0.271 e. The molecular formula is C19H18Cl3N3O4S. The molecule has 1 aliphatic heterocycles. The zero-order valence-electron chi connectivity index (χ0n) is 15.9. The van der Waals surface area contributed by atoms with E-state index in [4.69, 9.17) is 39.5 Å². The number of carbonyl (C=O) groups excluding carboxylic acids is 1. The van der Waals surface area contributed by atoms with Crippen molar-refractivity contribution in [3.05, 3.63) is 62.6 Å². The number of nitrogens with one attached hydrogen (secondary N) is 1. The summed E-state index contributed by atoms with van der Waals surface area (Å²) in [5.41, 5.74) is 3.47. The van der Waals surface area contributed by atoms with E-state index in [1.165, 1.54) is 28.6 Å². The largest absolute Gasteiger partial charge is 0.379 e. The molecule has 1 amide bonds. The molecular weight excluding hydrogens is 473 g/mol. The van der Waals surface area contributed by atoms with Crippen LogP contribution in [0.3, 0.4) is 0 Å². The van der Waals surface area contributed by atoms with E-state index in [2.05, 4.69) is 10.5 Å². The maximum absolute atomic E-state index is 12.8. The zero-order valence-corrected chi connectivity index (χ0v) is 18.9. The highest BCUT2D eigenvalue weighted by Gasteiger charge is 2.26. The van der Waals surface area contributed by atoms with E-state index in [-0.39, 0.29) is 33.6 Å². The molecule has 0 radical (unpaired) electrons. The van der Waals surface area contributed by atoms with Crippen molar-refractivity contribution in [2.24, 2.45) is 5.10 Å². The van der Waals surface area contributed by atoms with E-state index in [0.717, 1.165) is 0 Å². The van der Waals surface area contributed by atoms with E-state index in [0.29, 0.717) is 29.5 Å². The molecule has 3 rings (SSSR count). The van der Waals surface area contributed by atoms with Gasteiger partial charge in [0.2, 0.25) is 10.0 Å². The zero-order chi connectivity index (χ0) is 21.9. The number of halogens is 3. The van der Waals surface area contributed by atoms with Gasteiger partial charge in [-0.3, -0.25) is 4.79 Å². The van der Waals surface area contributed by atoms with Crippen molar-refractivity contribution in [1.82, 2.24) is 9.73 Å². The lowest BCUT2D eigenvalue weighted by Gasteiger charge is -2.26. The molecule has 2 aromatic rings. The van der Waals surface area contributed by atoms with Gasteiger partial charge in [0.05, 0.1) is 38.9 Å². The Balaban J connectivity index is 1.79. The van der Waals surface area contributed by atoms with Gasteiger partial charge in [-0.1, -0.05) is 46.9 Å². The van der Waals surface area contributed by atoms with Crippen LogP contribution in [0.15, 0.2) is 46.4 Å². The Morgan fingerprint density at radius 3 is 2.50 bits per heavy atom. The molecule has 0 unspecified atom stereocenters. The number of nitrogens with zero attached hydrogens (tertiary/aromatic N) is 2. The molecule has 1 N–H and O–H groups in total. The fourth-order valence-electron chi connectivity index (χ4n) is 2.80. The van der Waals surface area contributed by atoms with Crippen LogP contribution >= 0.6 is 34.8 Å². The summed E-state index contributed by atoms with van der Waals surface area (Å²) in [6.45, 7) is 2.86. The van der Waals surface area contributed by atoms with Gasteiger partial charge < -0.3 is 4.74 Å². The number of hydrogen-bond acceptors (Lipinski definition) is 5. The van der Waals surface area contributed by atoms with Crippen molar-refractivity contribution in [2.75, 3.05) is 26.3 Å². The lowest BCUT2D eigenvalue weighted by Crippen LogP contribution is -2.40. The Labute approximate surface area is 189 Å². The van der Waals surface area contributed by atoms with Crippen molar-refractivity contribution < 1.29 is 17.9 Å². The Kier molecular flexibility index (Phi) is 7.38. The van der Waals surface area contributed by atoms with E-state index < -0.39 is 15.9 Å². The quantitative estimate of drug-likeness (QED) is 0.392. The van der Waals surface area contributed by atoms with Gasteiger partial charge in [0.15, 0.2) is 0 Å². The number of amides is 1. The average Bonchev–Trinajstić information content (AvgIpc) is 2.76. The van der Waals surface area contributed by atoms with Crippen LogP contribution in [0.4, 0.5) is 0 Å². The normalized spacial score (nSPS) is 15.8. The number of morpholine rings is 1. The van der Waals surface area contributed by atoms with Gasteiger partial charge in [0.25, 0.3) is 5.91 Å². The summed E-state index contributed by atoms with van der Waals surface area (Å²) in [5, 5.41) is 4.76. The molecule has 1 saturated heterocycles. The first kappa shape index (κ1) is 23.0. The monoisotopic (exact) mass is 489 g/mol.